The Balaban J connectivity index is 1.05. The van der Waals surface area contributed by atoms with Crippen LogP contribution in [-0.2, 0) is 23.1 Å². The Bertz CT molecular complexity index is 1530. The standard InChI is InChI=1S/C39H53FN6O2S/c1-3-37-41-19-23-44(37)28-39(31-8-6-9-32(40)24-31,36-12-7-20-46(36)42-38(47)48-2)30-17-21-43(22-18-30)25-29-26-45(27-29)33-13-15-35(16-14-33)49-34-10-4-5-11-34/h6,8-9,13-16,19,23-24,29-30,34,36H,3-5,7,10-12,17-18,20-22,25-28H2,1-2H3,(H,42,47). The van der Waals surface area contributed by atoms with E-state index in [0.717, 1.165) is 88.0 Å². The van der Waals surface area contributed by atoms with E-state index in [0.29, 0.717) is 18.4 Å². The molecule has 3 saturated heterocycles. The number of likely N-dealkylation sites (tertiary alicyclic amines) is 1. The first-order chi connectivity index (χ1) is 23.9. The first kappa shape index (κ1) is 34.4. The first-order valence-corrected chi connectivity index (χ1v) is 19.4. The Kier molecular flexibility index (Phi) is 10.8. The smallest absolute Gasteiger partial charge is 0.421 e. The molecule has 8 nitrogen and oxygen atoms in total. The third kappa shape index (κ3) is 7.52. The van der Waals surface area contributed by atoms with E-state index in [1.165, 1.54) is 49.4 Å². The molecule has 2 unspecified atom stereocenters. The Morgan fingerprint density at radius 1 is 1.02 bits per heavy atom. The number of imidazole rings is 1. The molecule has 3 aromatic rings. The van der Waals surface area contributed by atoms with Gasteiger partial charge in [-0.05, 0) is 99.5 Å². The Hall–Kier alpha value is -3.08. The van der Waals surface area contributed by atoms with E-state index < -0.39 is 11.5 Å². The molecular formula is C39H53FN6O2S. The maximum Gasteiger partial charge on any atom is 0.421 e. The lowest BCUT2D eigenvalue weighted by atomic mass is 9.61. The van der Waals surface area contributed by atoms with Gasteiger partial charge in [0.05, 0.1) is 7.11 Å². The van der Waals surface area contributed by atoms with Crippen molar-refractivity contribution in [1.29, 1.82) is 0 Å². The van der Waals surface area contributed by atoms with E-state index >= 15 is 4.39 Å². The zero-order valence-corrected chi connectivity index (χ0v) is 30.1. The fraction of sp³-hybridized carbons (Fsp3) is 0.590. The molecule has 4 heterocycles. The fourth-order valence-electron chi connectivity index (χ4n) is 9.31. The molecule has 264 valence electrons. The molecule has 10 heteroatoms. The van der Waals surface area contributed by atoms with E-state index in [9.17, 15) is 4.79 Å². The van der Waals surface area contributed by atoms with Crippen molar-refractivity contribution in [3.63, 3.8) is 0 Å². The number of nitrogens with one attached hydrogen (secondary N) is 1. The van der Waals surface area contributed by atoms with E-state index in [1.807, 2.05) is 12.3 Å². The minimum absolute atomic E-state index is 0.0137. The molecule has 2 aromatic carbocycles. The lowest BCUT2D eigenvalue weighted by Crippen LogP contribution is -2.60. The minimum atomic E-state index is -0.458. The molecular weight excluding hydrogens is 636 g/mol. The largest absolute Gasteiger partial charge is 0.452 e. The van der Waals surface area contributed by atoms with Gasteiger partial charge in [-0.15, -0.1) is 11.8 Å². The molecule has 4 fully saturated rings. The summed E-state index contributed by atoms with van der Waals surface area (Å²) in [5.41, 5.74) is 4.95. The highest BCUT2D eigenvalue weighted by Gasteiger charge is 2.52. The van der Waals surface area contributed by atoms with Crippen molar-refractivity contribution in [3.8, 4) is 0 Å². The van der Waals surface area contributed by atoms with Crippen molar-refractivity contribution in [2.75, 3.05) is 51.3 Å². The van der Waals surface area contributed by atoms with Crippen LogP contribution in [0.5, 0.6) is 0 Å². The van der Waals surface area contributed by atoms with Gasteiger partial charge in [0.25, 0.3) is 0 Å². The summed E-state index contributed by atoms with van der Waals surface area (Å²) in [6.45, 7) is 8.93. The number of nitrogens with zero attached hydrogens (tertiary/aromatic N) is 5. The predicted octanol–water partition coefficient (Wildman–Crippen LogP) is 7.14. The lowest BCUT2D eigenvalue weighted by molar-refractivity contribution is 0.0221. The lowest BCUT2D eigenvalue weighted by Gasteiger charge is -2.52. The summed E-state index contributed by atoms with van der Waals surface area (Å²) in [4.78, 5) is 23.8. The highest BCUT2D eigenvalue weighted by atomic mass is 32.2. The van der Waals surface area contributed by atoms with Crippen molar-refractivity contribution in [2.24, 2.45) is 11.8 Å². The number of carbonyl (C=O) groups is 1. The van der Waals surface area contributed by atoms with Gasteiger partial charge < -0.3 is 19.1 Å². The molecule has 1 aromatic heterocycles. The second kappa shape index (κ2) is 15.4. The molecule has 1 saturated carbocycles. The van der Waals surface area contributed by atoms with Crippen molar-refractivity contribution in [1.82, 2.24) is 24.9 Å². The average Bonchev–Trinajstić information content (AvgIpc) is 3.89. The van der Waals surface area contributed by atoms with E-state index in [-0.39, 0.29) is 11.9 Å². The van der Waals surface area contributed by atoms with Gasteiger partial charge in [-0.1, -0.05) is 31.9 Å². The van der Waals surface area contributed by atoms with Gasteiger partial charge in [-0.3, -0.25) is 5.43 Å². The maximum absolute atomic E-state index is 15.1. The number of hydrazine groups is 1. The van der Waals surface area contributed by atoms with Crippen LogP contribution in [0.2, 0.25) is 0 Å². The summed E-state index contributed by atoms with van der Waals surface area (Å²) in [6, 6.07) is 16.5. The molecule has 1 aliphatic carbocycles. The second-order valence-corrected chi connectivity index (χ2v) is 16.1. The number of anilines is 1. The van der Waals surface area contributed by atoms with Crippen molar-refractivity contribution in [2.45, 2.75) is 92.9 Å². The highest BCUT2D eigenvalue weighted by Crippen LogP contribution is 2.48. The van der Waals surface area contributed by atoms with Gasteiger partial charge in [0.1, 0.15) is 11.6 Å². The highest BCUT2D eigenvalue weighted by molar-refractivity contribution is 8.00. The molecule has 0 radical (unpaired) electrons. The van der Waals surface area contributed by atoms with Crippen molar-refractivity contribution >= 4 is 23.5 Å². The zero-order chi connectivity index (χ0) is 33.8. The molecule has 2 atom stereocenters. The number of halogens is 1. The summed E-state index contributed by atoms with van der Waals surface area (Å²) < 4.78 is 22.4. The van der Waals surface area contributed by atoms with Crippen LogP contribution in [0.3, 0.4) is 0 Å². The Morgan fingerprint density at radius 3 is 2.51 bits per heavy atom. The fourth-order valence-corrected chi connectivity index (χ4v) is 10.6. The van der Waals surface area contributed by atoms with Crippen LogP contribution < -0.4 is 10.3 Å². The van der Waals surface area contributed by atoms with Crippen LogP contribution in [0.15, 0.2) is 65.8 Å². The molecule has 0 bridgehead atoms. The molecule has 49 heavy (non-hydrogen) atoms. The number of methoxy groups -OCH3 is 1. The zero-order valence-electron chi connectivity index (χ0n) is 29.2. The van der Waals surface area contributed by atoms with E-state index in [2.05, 4.69) is 85.0 Å². The van der Waals surface area contributed by atoms with Crippen LogP contribution in [-0.4, -0.2) is 83.2 Å². The number of aryl methyl sites for hydroxylation is 1. The van der Waals surface area contributed by atoms with Gasteiger partial charge in [0.15, 0.2) is 0 Å². The number of hydrogen-bond donors (Lipinski definition) is 1. The minimum Gasteiger partial charge on any atom is -0.452 e. The molecule has 1 amide bonds. The van der Waals surface area contributed by atoms with Crippen molar-refractivity contribution < 1.29 is 13.9 Å². The number of aromatic nitrogens is 2. The number of hydrogen-bond acceptors (Lipinski definition) is 7. The average molecular weight is 689 g/mol. The van der Waals surface area contributed by atoms with Gasteiger partial charge >= 0.3 is 6.09 Å². The van der Waals surface area contributed by atoms with Crippen LogP contribution in [0.25, 0.3) is 0 Å². The molecule has 1 N–H and O–H groups in total. The molecule has 7 rings (SSSR count). The number of thioether (sulfide) groups is 1. The summed E-state index contributed by atoms with van der Waals surface area (Å²) in [5.74, 6) is 1.77. The Morgan fingerprint density at radius 2 is 1.80 bits per heavy atom. The quantitative estimate of drug-likeness (QED) is 0.217. The third-order valence-corrected chi connectivity index (χ3v) is 13.1. The second-order valence-electron chi connectivity index (χ2n) is 14.7. The topological polar surface area (TPSA) is 65.9 Å². The number of ether oxygens (including phenoxy) is 1. The van der Waals surface area contributed by atoms with Gasteiger partial charge in [0, 0.05) is 84.7 Å². The van der Waals surface area contributed by atoms with Gasteiger partial charge in [0.2, 0.25) is 0 Å². The first-order valence-electron chi connectivity index (χ1n) is 18.6. The van der Waals surface area contributed by atoms with Crippen LogP contribution >= 0.6 is 11.8 Å². The summed E-state index contributed by atoms with van der Waals surface area (Å²) in [7, 11) is 1.41. The monoisotopic (exact) mass is 688 g/mol. The summed E-state index contributed by atoms with van der Waals surface area (Å²) >= 11 is 2.06. The van der Waals surface area contributed by atoms with Crippen LogP contribution in [0.1, 0.15) is 69.7 Å². The summed E-state index contributed by atoms with van der Waals surface area (Å²) in [5, 5.41) is 2.88. The SMILES string of the molecule is CCc1nccn1CC(c1cccc(F)c1)(C1CCN(CC2CN(c3ccc(SC4CCCC4)cc3)C2)CC1)C1CCCN1NC(=O)OC. The van der Waals surface area contributed by atoms with Crippen LogP contribution in [0.4, 0.5) is 14.9 Å². The van der Waals surface area contributed by atoms with Crippen molar-refractivity contribution in [3.05, 3.63) is 78.1 Å². The molecule has 0 spiro atoms. The van der Waals surface area contributed by atoms with Gasteiger partial charge in [-0.2, -0.15) is 0 Å². The Labute approximate surface area is 295 Å². The van der Waals surface area contributed by atoms with Crippen LogP contribution in [0, 0.1) is 17.7 Å². The number of carbonyl (C=O) groups excluding carboxylic acids is 1. The number of piperidine rings is 1. The maximum atomic E-state index is 15.1. The number of amides is 1. The normalized spacial score (nSPS) is 22.7. The third-order valence-electron chi connectivity index (χ3n) is 11.8. The number of benzene rings is 2. The van der Waals surface area contributed by atoms with E-state index in [1.54, 1.807) is 6.07 Å². The number of rotatable bonds is 12. The van der Waals surface area contributed by atoms with E-state index in [4.69, 9.17) is 4.74 Å². The molecule has 4 aliphatic rings. The summed E-state index contributed by atoms with van der Waals surface area (Å²) in [6.07, 6.45) is 13.7. The van der Waals surface area contributed by atoms with Gasteiger partial charge in [-0.25, -0.2) is 19.2 Å². The predicted molar refractivity (Wildman–Crippen MR) is 194 cm³/mol. The molecule has 3 aliphatic heterocycles.